The zero-order chi connectivity index (χ0) is 13.0. The number of nitrogens with zero attached hydrogens (tertiary/aromatic N) is 4. The average molecular weight is 269 g/mol. The summed E-state index contributed by atoms with van der Waals surface area (Å²) >= 11 is 1.62. The number of aryl methyl sites for hydroxylation is 2. The Labute approximate surface area is 112 Å². The fourth-order valence-electron chi connectivity index (χ4n) is 2.33. The molecule has 0 saturated carbocycles. The summed E-state index contributed by atoms with van der Waals surface area (Å²) in [7, 11) is 1.94. The normalized spacial score (nSPS) is 11.7. The molecule has 0 spiro atoms. The van der Waals surface area contributed by atoms with Crippen molar-refractivity contribution < 1.29 is 0 Å². The largest absolute Gasteiger partial charge is 0.275 e. The third-order valence-electron chi connectivity index (χ3n) is 3.17. The first-order valence-electron chi connectivity index (χ1n) is 5.95. The second-order valence-corrected chi connectivity index (χ2v) is 5.64. The van der Waals surface area contributed by atoms with Crippen LogP contribution in [0.3, 0.4) is 0 Å². The number of aromatic amines is 1. The Morgan fingerprint density at radius 1 is 1.32 bits per heavy atom. The first-order chi connectivity index (χ1) is 9.20. The Morgan fingerprint density at radius 3 is 3.05 bits per heavy atom. The van der Waals surface area contributed by atoms with Crippen LogP contribution in [0.2, 0.25) is 0 Å². The maximum Gasteiger partial charge on any atom is 0.139 e. The molecule has 0 fully saturated rings. The molecule has 1 N–H and O–H groups in total. The number of H-pyrrole nitrogens is 1. The molecular formula is C13H11N5S. The number of aromatic nitrogens is 5. The van der Waals surface area contributed by atoms with Gasteiger partial charge in [0.25, 0.3) is 0 Å². The lowest BCUT2D eigenvalue weighted by Crippen LogP contribution is -1.86. The Morgan fingerprint density at radius 2 is 2.21 bits per heavy atom. The molecule has 0 atom stereocenters. The smallest absolute Gasteiger partial charge is 0.139 e. The topological polar surface area (TPSA) is 59.4 Å². The predicted molar refractivity (Wildman–Crippen MR) is 76.2 cm³/mol. The Bertz CT molecular complexity index is 870. The molecule has 1 aromatic carbocycles. The van der Waals surface area contributed by atoms with Crippen molar-refractivity contribution in [2.45, 2.75) is 6.92 Å². The van der Waals surface area contributed by atoms with E-state index in [1.165, 1.54) is 5.56 Å². The molecule has 0 amide bonds. The molecule has 0 saturated heterocycles. The van der Waals surface area contributed by atoms with E-state index in [0.29, 0.717) is 0 Å². The van der Waals surface area contributed by atoms with Crippen LogP contribution in [0.5, 0.6) is 0 Å². The van der Waals surface area contributed by atoms with Crippen molar-refractivity contribution in [2.24, 2.45) is 7.05 Å². The van der Waals surface area contributed by atoms with Crippen molar-refractivity contribution in [1.29, 1.82) is 0 Å². The molecule has 0 bridgehead atoms. The van der Waals surface area contributed by atoms with E-state index in [2.05, 4.69) is 39.3 Å². The van der Waals surface area contributed by atoms with Crippen LogP contribution in [0, 0.1) is 6.92 Å². The van der Waals surface area contributed by atoms with Crippen LogP contribution in [0.4, 0.5) is 0 Å². The molecule has 19 heavy (non-hydrogen) atoms. The first kappa shape index (κ1) is 10.7. The van der Waals surface area contributed by atoms with Crippen molar-refractivity contribution in [3.63, 3.8) is 0 Å². The van der Waals surface area contributed by atoms with E-state index in [1.807, 2.05) is 17.9 Å². The summed E-state index contributed by atoms with van der Waals surface area (Å²) in [6.07, 6.45) is 3.79. The first-order valence-corrected chi connectivity index (χ1v) is 6.76. The highest BCUT2D eigenvalue weighted by atomic mass is 32.1. The van der Waals surface area contributed by atoms with E-state index in [9.17, 15) is 0 Å². The summed E-state index contributed by atoms with van der Waals surface area (Å²) in [6.45, 7) is 2.08. The number of fused-ring (bicyclic) bond motifs is 2. The zero-order valence-electron chi connectivity index (χ0n) is 10.5. The third kappa shape index (κ3) is 1.57. The highest BCUT2D eigenvalue weighted by Gasteiger charge is 2.11. The van der Waals surface area contributed by atoms with Crippen LogP contribution in [0.25, 0.3) is 31.8 Å². The van der Waals surface area contributed by atoms with E-state index in [1.54, 1.807) is 17.5 Å². The van der Waals surface area contributed by atoms with Crippen LogP contribution >= 0.6 is 11.3 Å². The molecule has 6 heteroatoms. The molecule has 0 aliphatic rings. The van der Waals surface area contributed by atoms with Crippen LogP contribution in [0.1, 0.15) is 5.56 Å². The number of rotatable bonds is 1. The van der Waals surface area contributed by atoms with Gasteiger partial charge in [0, 0.05) is 24.2 Å². The molecule has 3 aromatic heterocycles. The van der Waals surface area contributed by atoms with Gasteiger partial charge < -0.3 is 0 Å². The Hall–Kier alpha value is -2.21. The van der Waals surface area contributed by atoms with E-state index < -0.39 is 0 Å². The van der Waals surface area contributed by atoms with Crippen LogP contribution < -0.4 is 0 Å². The second kappa shape index (κ2) is 3.64. The summed E-state index contributed by atoms with van der Waals surface area (Å²) in [4.78, 5) is 5.61. The summed E-state index contributed by atoms with van der Waals surface area (Å²) in [6, 6.07) is 4.28. The van der Waals surface area contributed by atoms with Gasteiger partial charge >= 0.3 is 0 Å². The van der Waals surface area contributed by atoms with Crippen LogP contribution in [-0.2, 0) is 7.05 Å². The van der Waals surface area contributed by atoms with E-state index >= 15 is 0 Å². The fourth-order valence-corrected chi connectivity index (χ4v) is 3.20. The minimum atomic E-state index is 0.920. The van der Waals surface area contributed by atoms with Gasteiger partial charge in [-0.1, -0.05) is 11.3 Å². The molecule has 5 nitrogen and oxygen atoms in total. The Balaban J connectivity index is 1.97. The van der Waals surface area contributed by atoms with Gasteiger partial charge in [-0.05, 0) is 24.6 Å². The van der Waals surface area contributed by atoms with Gasteiger partial charge in [0.15, 0.2) is 0 Å². The summed E-state index contributed by atoms with van der Waals surface area (Å²) < 4.78 is 1.84. The minimum Gasteiger partial charge on any atom is -0.275 e. The zero-order valence-corrected chi connectivity index (χ0v) is 11.3. The van der Waals surface area contributed by atoms with E-state index in [4.69, 9.17) is 0 Å². The quantitative estimate of drug-likeness (QED) is 0.578. The van der Waals surface area contributed by atoms with Crippen molar-refractivity contribution in [1.82, 2.24) is 25.0 Å². The lowest BCUT2D eigenvalue weighted by molar-refractivity contribution is 0.779. The summed E-state index contributed by atoms with van der Waals surface area (Å²) in [5.74, 6) is 0. The van der Waals surface area contributed by atoms with Gasteiger partial charge in [-0.3, -0.25) is 9.78 Å². The number of nitrogens with one attached hydrogen (secondary N) is 1. The maximum atomic E-state index is 4.60. The summed E-state index contributed by atoms with van der Waals surface area (Å²) in [5.41, 5.74) is 4.27. The molecule has 4 aromatic rings. The number of thiazole rings is 1. The van der Waals surface area contributed by atoms with Crippen molar-refractivity contribution >= 4 is 32.6 Å². The van der Waals surface area contributed by atoms with Crippen LogP contribution in [0.15, 0.2) is 24.5 Å². The highest BCUT2D eigenvalue weighted by Crippen LogP contribution is 2.31. The second-order valence-electron chi connectivity index (χ2n) is 4.64. The van der Waals surface area contributed by atoms with Crippen molar-refractivity contribution in [2.75, 3.05) is 0 Å². The van der Waals surface area contributed by atoms with Crippen LogP contribution in [-0.4, -0.2) is 25.0 Å². The van der Waals surface area contributed by atoms with Gasteiger partial charge in [-0.15, -0.1) is 0 Å². The number of hydrogen-bond donors (Lipinski definition) is 1. The SMILES string of the molecule is Cc1cc(-c2nc3cn[nH]c3s2)cc2cn(C)nc12. The van der Waals surface area contributed by atoms with E-state index in [0.717, 1.165) is 31.8 Å². The number of hydrogen-bond acceptors (Lipinski definition) is 4. The predicted octanol–water partition coefficient (Wildman–Crippen LogP) is 2.88. The fraction of sp³-hybridized carbons (Fsp3) is 0.154. The lowest BCUT2D eigenvalue weighted by atomic mass is 10.1. The lowest BCUT2D eigenvalue weighted by Gasteiger charge is -1.99. The van der Waals surface area contributed by atoms with E-state index in [-0.39, 0.29) is 0 Å². The average Bonchev–Trinajstić information content (AvgIpc) is 3.00. The standard InChI is InChI=1S/C13H11N5S/c1-7-3-8(4-9-6-18(2)17-11(7)9)12-15-10-5-14-16-13(10)19-12/h3-6H,1-2H3,(H,14,16). The van der Waals surface area contributed by atoms with Gasteiger partial charge in [0.05, 0.1) is 11.7 Å². The number of benzene rings is 1. The maximum absolute atomic E-state index is 4.60. The monoisotopic (exact) mass is 269 g/mol. The Kier molecular flexibility index (Phi) is 2.05. The molecular weight excluding hydrogens is 258 g/mol. The van der Waals surface area contributed by atoms with Crippen molar-refractivity contribution in [3.8, 4) is 10.6 Å². The molecule has 3 heterocycles. The highest BCUT2D eigenvalue weighted by molar-refractivity contribution is 7.21. The molecule has 94 valence electrons. The molecule has 0 aliphatic heterocycles. The van der Waals surface area contributed by atoms with Gasteiger partial charge in [0.2, 0.25) is 0 Å². The summed E-state index contributed by atoms with van der Waals surface area (Å²) in [5, 5.41) is 13.6. The third-order valence-corrected chi connectivity index (χ3v) is 4.19. The van der Waals surface area contributed by atoms with Crippen molar-refractivity contribution in [3.05, 3.63) is 30.1 Å². The van der Waals surface area contributed by atoms with Gasteiger partial charge in [-0.25, -0.2) is 4.98 Å². The minimum absolute atomic E-state index is 0.920. The molecule has 0 unspecified atom stereocenters. The van der Waals surface area contributed by atoms with Gasteiger partial charge in [0.1, 0.15) is 15.4 Å². The molecule has 0 radical (unpaired) electrons. The van der Waals surface area contributed by atoms with Gasteiger partial charge in [-0.2, -0.15) is 10.2 Å². The molecule has 0 aliphatic carbocycles. The molecule has 4 rings (SSSR count).